The molecule has 0 saturated heterocycles. The summed E-state index contributed by atoms with van der Waals surface area (Å²) in [6.07, 6.45) is 0. The van der Waals surface area contributed by atoms with E-state index >= 15 is 0 Å². The van der Waals surface area contributed by atoms with E-state index in [-0.39, 0.29) is 0 Å². The van der Waals surface area contributed by atoms with Crippen molar-refractivity contribution >= 4 is 28.3 Å². The smallest absolute Gasteiger partial charge is 0.248 e. The first-order chi connectivity index (χ1) is 15.0. The summed E-state index contributed by atoms with van der Waals surface area (Å²) < 4.78 is 16.2. The number of hydrogen-bond acceptors (Lipinski definition) is 5. The van der Waals surface area contributed by atoms with Gasteiger partial charge in [0.05, 0.1) is 26.8 Å². The zero-order chi connectivity index (χ0) is 22.0. The van der Waals surface area contributed by atoms with Gasteiger partial charge in [0.25, 0.3) is 0 Å². The zero-order valence-electron chi connectivity index (χ0n) is 17.5. The minimum atomic E-state index is -0.443. The number of ether oxygens (including phenoxy) is 3. The molecule has 4 rings (SSSR count). The number of aromatic nitrogens is 1. The molecule has 0 aliphatic carbocycles. The number of fused-ring (bicyclic) bond motifs is 1. The lowest BCUT2D eigenvalue weighted by Gasteiger charge is -2.14. The molecule has 4 aromatic rings. The highest BCUT2D eigenvalue weighted by molar-refractivity contribution is 5.98. The lowest BCUT2D eigenvalue weighted by Crippen LogP contribution is -2.10. The Hall–Kier alpha value is -4.13. The number of aromatic amines is 1. The number of rotatable bonds is 7. The fourth-order valence-electron chi connectivity index (χ4n) is 3.59. The van der Waals surface area contributed by atoms with Crippen LogP contribution in [0.1, 0.15) is 10.4 Å². The third kappa shape index (κ3) is 3.85. The number of nitrogens with two attached hydrogens (primary N) is 1. The van der Waals surface area contributed by atoms with Crippen molar-refractivity contribution in [2.24, 2.45) is 5.73 Å². The maximum atomic E-state index is 11.4. The Labute approximate surface area is 179 Å². The molecule has 0 aliphatic heterocycles. The highest BCUT2D eigenvalue weighted by Gasteiger charge is 2.14. The Morgan fingerprint density at radius 3 is 2.16 bits per heavy atom. The van der Waals surface area contributed by atoms with Gasteiger partial charge in [-0.05, 0) is 23.8 Å². The van der Waals surface area contributed by atoms with E-state index in [1.54, 1.807) is 33.5 Å². The second kappa shape index (κ2) is 8.31. The van der Waals surface area contributed by atoms with Gasteiger partial charge in [-0.15, -0.1) is 0 Å². The van der Waals surface area contributed by atoms with Crippen molar-refractivity contribution in [1.29, 1.82) is 0 Å². The number of methoxy groups -OCH3 is 3. The molecule has 0 unspecified atom stereocenters. The molecular formula is C24H23N3O4. The summed E-state index contributed by atoms with van der Waals surface area (Å²) in [6.45, 7) is 0. The van der Waals surface area contributed by atoms with Gasteiger partial charge in [-0.25, -0.2) is 0 Å². The number of anilines is 2. The van der Waals surface area contributed by atoms with Crippen LogP contribution < -0.4 is 25.3 Å². The number of para-hydroxylation sites is 1. The Balaban J connectivity index is 1.71. The van der Waals surface area contributed by atoms with Crippen LogP contribution in [-0.4, -0.2) is 32.2 Å². The fraction of sp³-hybridized carbons (Fsp3) is 0.125. The molecule has 0 radical (unpaired) electrons. The minimum Gasteiger partial charge on any atom is -0.493 e. The monoisotopic (exact) mass is 417 g/mol. The third-order valence-corrected chi connectivity index (χ3v) is 5.08. The summed E-state index contributed by atoms with van der Waals surface area (Å²) in [7, 11) is 4.74. The number of carbonyl (C=O) groups is 1. The molecule has 0 bridgehead atoms. The summed E-state index contributed by atoms with van der Waals surface area (Å²) in [6, 6.07) is 19.0. The van der Waals surface area contributed by atoms with Crippen LogP contribution in [0.15, 0.2) is 60.7 Å². The van der Waals surface area contributed by atoms with Crippen LogP contribution in [0.4, 0.5) is 11.5 Å². The van der Waals surface area contributed by atoms with Crippen LogP contribution in [0.2, 0.25) is 0 Å². The number of nitrogens with one attached hydrogen (secondary N) is 2. The van der Waals surface area contributed by atoms with E-state index in [0.717, 1.165) is 33.5 Å². The van der Waals surface area contributed by atoms with Gasteiger partial charge in [-0.3, -0.25) is 4.79 Å². The second-order valence-corrected chi connectivity index (χ2v) is 6.93. The highest BCUT2D eigenvalue weighted by atomic mass is 16.5. The van der Waals surface area contributed by atoms with Crippen molar-refractivity contribution in [3.05, 3.63) is 66.2 Å². The topological polar surface area (TPSA) is 98.6 Å². The maximum absolute atomic E-state index is 11.4. The number of amides is 1. The van der Waals surface area contributed by atoms with Gasteiger partial charge in [-0.1, -0.05) is 30.3 Å². The Morgan fingerprint density at radius 1 is 0.903 bits per heavy atom. The van der Waals surface area contributed by atoms with Crippen molar-refractivity contribution in [1.82, 2.24) is 4.98 Å². The molecule has 0 spiro atoms. The fourth-order valence-corrected chi connectivity index (χ4v) is 3.59. The summed E-state index contributed by atoms with van der Waals surface area (Å²) in [5.74, 6) is 2.03. The molecule has 158 valence electrons. The van der Waals surface area contributed by atoms with E-state index in [9.17, 15) is 4.79 Å². The van der Waals surface area contributed by atoms with Crippen LogP contribution in [-0.2, 0) is 0 Å². The summed E-state index contributed by atoms with van der Waals surface area (Å²) in [4.78, 5) is 14.8. The first kappa shape index (κ1) is 20.2. The van der Waals surface area contributed by atoms with Crippen LogP contribution >= 0.6 is 0 Å². The predicted molar refractivity (Wildman–Crippen MR) is 122 cm³/mol. The van der Waals surface area contributed by atoms with Gasteiger partial charge in [-0.2, -0.15) is 0 Å². The molecule has 7 heteroatoms. The van der Waals surface area contributed by atoms with Gasteiger partial charge in [0.1, 0.15) is 5.82 Å². The molecule has 0 aliphatic rings. The van der Waals surface area contributed by atoms with Crippen LogP contribution in [0.25, 0.3) is 22.0 Å². The van der Waals surface area contributed by atoms with E-state index in [1.165, 1.54) is 0 Å². The van der Waals surface area contributed by atoms with Gasteiger partial charge in [0.15, 0.2) is 11.5 Å². The number of hydrogen-bond donors (Lipinski definition) is 3. The van der Waals surface area contributed by atoms with Gasteiger partial charge in [0, 0.05) is 34.3 Å². The molecule has 0 atom stereocenters. The zero-order valence-corrected chi connectivity index (χ0v) is 17.5. The molecule has 3 aromatic carbocycles. The molecule has 1 aromatic heterocycles. The van der Waals surface area contributed by atoms with E-state index in [2.05, 4.69) is 10.3 Å². The van der Waals surface area contributed by atoms with Crippen molar-refractivity contribution in [3.63, 3.8) is 0 Å². The average Bonchev–Trinajstić information content (AvgIpc) is 3.20. The van der Waals surface area contributed by atoms with Crippen molar-refractivity contribution in [2.75, 3.05) is 26.6 Å². The number of benzene rings is 3. The van der Waals surface area contributed by atoms with E-state index in [0.29, 0.717) is 22.8 Å². The first-order valence-electron chi connectivity index (χ1n) is 9.63. The van der Waals surface area contributed by atoms with Crippen molar-refractivity contribution in [2.45, 2.75) is 0 Å². The van der Waals surface area contributed by atoms with Crippen LogP contribution in [0, 0.1) is 0 Å². The molecule has 0 saturated carbocycles. The number of carbonyl (C=O) groups excluding carboxylic acids is 1. The molecule has 31 heavy (non-hydrogen) atoms. The van der Waals surface area contributed by atoms with Gasteiger partial charge in [0.2, 0.25) is 11.7 Å². The first-order valence-corrected chi connectivity index (χ1v) is 9.63. The third-order valence-electron chi connectivity index (χ3n) is 5.08. The summed E-state index contributed by atoms with van der Waals surface area (Å²) in [5.41, 5.74) is 9.59. The summed E-state index contributed by atoms with van der Waals surface area (Å²) in [5, 5.41) is 4.41. The molecule has 1 heterocycles. The number of primary amides is 1. The number of H-pyrrole nitrogens is 1. The second-order valence-electron chi connectivity index (χ2n) is 6.93. The lowest BCUT2D eigenvalue weighted by atomic mass is 10.0. The molecule has 1 amide bonds. The van der Waals surface area contributed by atoms with Crippen LogP contribution in [0.5, 0.6) is 17.2 Å². The van der Waals surface area contributed by atoms with Gasteiger partial charge < -0.3 is 30.2 Å². The van der Waals surface area contributed by atoms with E-state index in [4.69, 9.17) is 19.9 Å². The average molecular weight is 417 g/mol. The van der Waals surface area contributed by atoms with Gasteiger partial charge >= 0.3 is 0 Å². The Bertz CT molecular complexity index is 1220. The largest absolute Gasteiger partial charge is 0.493 e. The van der Waals surface area contributed by atoms with E-state index in [1.807, 2.05) is 48.5 Å². The van der Waals surface area contributed by atoms with Crippen molar-refractivity contribution < 1.29 is 19.0 Å². The Kier molecular flexibility index (Phi) is 5.41. The predicted octanol–water partition coefficient (Wildman–Crippen LogP) is 4.70. The molecule has 4 N–H and O–H groups in total. The highest BCUT2D eigenvalue weighted by Crippen LogP contribution is 2.41. The Morgan fingerprint density at radius 2 is 1.58 bits per heavy atom. The van der Waals surface area contributed by atoms with Crippen LogP contribution in [0.3, 0.4) is 0 Å². The maximum Gasteiger partial charge on any atom is 0.248 e. The normalized spacial score (nSPS) is 10.7. The molecule has 0 fully saturated rings. The molecular weight excluding hydrogens is 394 g/mol. The van der Waals surface area contributed by atoms with E-state index < -0.39 is 5.91 Å². The molecule has 7 nitrogen and oxygen atoms in total. The van der Waals surface area contributed by atoms with Crippen molar-refractivity contribution in [3.8, 4) is 28.4 Å². The summed E-state index contributed by atoms with van der Waals surface area (Å²) >= 11 is 0. The standard InChI is InChI=1S/C24H23N3O4/c1-29-19-12-17(13-20(30-2)23(19)31-3)26-21-11-16-5-4-6-18(22(16)27-21)14-7-9-15(10-8-14)24(25)28/h4-13,26-27H,1-3H3,(H2,25,28). The minimum absolute atomic E-state index is 0.443. The lowest BCUT2D eigenvalue weighted by molar-refractivity contribution is 0.100. The SMILES string of the molecule is COc1cc(Nc2cc3cccc(-c4ccc(C(N)=O)cc4)c3[nH]2)cc(OC)c1OC. The quantitative estimate of drug-likeness (QED) is 0.405.